The van der Waals surface area contributed by atoms with Crippen LogP contribution in [0.2, 0.25) is 0 Å². The van der Waals surface area contributed by atoms with Crippen LogP contribution in [-0.4, -0.2) is 11.6 Å². The highest BCUT2D eigenvalue weighted by Gasteiger charge is 2.59. The van der Waals surface area contributed by atoms with Crippen LogP contribution in [0, 0.1) is 23.6 Å². The van der Waals surface area contributed by atoms with E-state index in [1.54, 1.807) is 6.07 Å². The summed E-state index contributed by atoms with van der Waals surface area (Å²) < 4.78 is 19.5. The molecule has 2 aliphatic carbocycles. The third-order valence-corrected chi connectivity index (χ3v) is 6.18. The Bertz CT molecular complexity index is 677. The third-order valence-electron chi connectivity index (χ3n) is 6.18. The Kier molecular flexibility index (Phi) is 3.22. The van der Waals surface area contributed by atoms with E-state index in [4.69, 9.17) is 4.74 Å². The van der Waals surface area contributed by atoms with E-state index < -0.39 is 5.60 Å². The maximum atomic E-state index is 13.5. The van der Waals surface area contributed by atoms with Crippen LogP contribution in [0.3, 0.4) is 0 Å². The second kappa shape index (κ2) is 5.05. The van der Waals surface area contributed by atoms with Crippen molar-refractivity contribution in [2.45, 2.75) is 37.2 Å². The first-order chi connectivity index (χ1) is 11.1. The van der Waals surface area contributed by atoms with Crippen molar-refractivity contribution in [3.05, 3.63) is 60.5 Å². The molecule has 1 aromatic rings. The van der Waals surface area contributed by atoms with Gasteiger partial charge in [0.25, 0.3) is 0 Å². The normalized spacial score (nSPS) is 33.9. The first kappa shape index (κ1) is 14.7. The van der Waals surface area contributed by atoms with E-state index in [-0.39, 0.29) is 35.5 Å². The standard InChI is InChI=1S/C20H21FO2/c1-3-13-6-7-14(4-2)20(13)11-18(19(22)23-20)17-9-12-5-8-15(21)10-16(12)17/h3-5,8,10,13-14,17-18H,1-2,6-7,9,11H2/t13-,14-,17?,18-/m1/s1. The number of benzene rings is 1. The van der Waals surface area contributed by atoms with Crippen molar-refractivity contribution in [3.8, 4) is 0 Å². The summed E-state index contributed by atoms with van der Waals surface area (Å²) in [7, 11) is 0. The van der Waals surface area contributed by atoms with E-state index >= 15 is 0 Å². The molecule has 1 spiro atoms. The van der Waals surface area contributed by atoms with Crippen LogP contribution < -0.4 is 0 Å². The SMILES string of the molecule is C=C[C@@H]1CC[C@@H](C=C)C12C[C@H](C1Cc3ccc(F)cc31)C(=O)O2. The van der Waals surface area contributed by atoms with Gasteiger partial charge in [-0.05, 0) is 42.5 Å². The number of hydrogen-bond donors (Lipinski definition) is 0. The summed E-state index contributed by atoms with van der Waals surface area (Å²) in [4.78, 5) is 12.6. The van der Waals surface area contributed by atoms with E-state index in [1.807, 2.05) is 18.2 Å². The van der Waals surface area contributed by atoms with Crippen LogP contribution >= 0.6 is 0 Å². The van der Waals surface area contributed by atoms with Gasteiger partial charge >= 0.3 is 5.97 Å². The molecule has 1 aromatic carbocycles. The molecule has 0 amide bonds. The summed E-state index contributed by atoms with van der Waals surface area (Å²) in [5, 5.41) is 0. The molecule has 0 radical (unpaired) electrons. The smallest absolute Gasteiger partial charge is 0.310 e. The molecule has 2 nitrogen and oxygen atoms in total. The lowest BCUT2D eigenvalue weighted by Gasteiger charge is -2.35. The minimum atomic E-state index is -0.478. The molecule has 3 aliphatic rings. The van der Waals surface area contributed by atoms with Crippen LogP contribution in [0.1, 0.15) is 36.3 Å². The molecule has 120 valence electrons. The second-order valence-corrected chi connectivity index (χ2v) is 7.10. The van der Waals surface area contributed by atoms with Crippen molar-refractivity contribution in [2.24, 2.45) is 17.8 Å². The minimum Gasteiger partial charge on any atom is -0.458 e. The zero-order valence-electron chi connectivity index (χ0n) is 13.1. The fraction of sp³-hybridized carbons (Fsp3) is 0.450. The lowest BCUT2D eigenvalue weighted by Crippen LogP contribution is -2.38. The largest absolute Gasteiger partial charge is 0.458 e. The van der Waals surface area contributed by atoms with Gasteiger partial charge in [0.15, 0.2) is 0 Å². The summed E-state index contributed by atoms with van der Waals surface area (Å²) in [5.74, 6) is -0.0803. The van der Waals surface area contributed by atoms with Crippen molar-refractivity contribution in [1.29, 1.82) is 0 Å². The second-order valence-electron chi connectivity index (χ2n) is 7.10. The zero-order chi connectivity index (χ0) is 16.2. The number of hydrogen-bond acceptors (Lipinski definition) is 2. The average Bonchev–Trinajstić information content (AvgIpc) is 3.03. The Morgan fingerprint density at radius 2 is 1.87 bits per heavy atom. The molecular weight excluding hydrogens is 291 g/mol. The van der Waals surface area contributed by atoms with Crippen molar-refractivity contribution in [2.75, 3.05) is 0 Å². The van der Waals surface area contributed by atoms with Gasteiger partial charge in [0.2, 0.25) is 0 Å². The fourth-order valence-corrected chi connectivity index (χ4v) is 4.92. The van der Waals surface area contributed by atoms with Crippen LogP contribution in [0.15, 0.2) is 43.5 Å². The van der Waals surface area contributed by atoms with Gasteiger partial charge in [0.05, 0.1) is 5.92 Å². The van der Waals surface area contributed by atoms with Gasteiger partial charge in [-0.2, -0.15) is 0 Å². The molecule has 4 rings (SSSR count). The average molecular weight is 312 g/mol. The molecule has 0 N–H and O–H groups in total. The van der Waals surface area contributed by atoms with Crippen molar-refractivity contribution >= 4 is 5.97 Å². The van der Waals surface area contributed by atoms with Gasteiger partial charge in [-0.1, -0.05) is 18.2 Å². The molecule has 0 aromatic heterocycles. The quantitative estimate of drug-likeness (QED) is 0.618. The Morgan fingerprint density at radius 1 is 1.17 bits per heavy atom. The first-order valence-electron chi connectivity index (χ1n) is 8.35. The molecule has 3 heteroatoms. The number of halogens is 1. The van der Waals surface area contributed by atoms with E-state index in [2.05, 4.69) is 13.2 Å². The number of fused-ring (bicyclic) bond motifs is 1. The number of carbonyl (C=O) groups excluding carboxylic acids is 1. The number of ether oxygens (including phenoxy) is 1. The molecule has 1 saturated heterocycles. The number of rotatable bonds is 3. The highest BCUT2D eigenvalue weighted by atomic mass is 19.1. The summed E-state index contributed by atoms with van der Waals surface area (Å²) in [6.45, 7) is 7.86. The maximum absolute atomic E-state index is 13.5. The molecule has 1 heterocycles. The molecule has 2 fully saturated rings. The van der Waals surface area contributed by atoms with E-state index in [0.717, 1.165) is 30.4 Å². The maximum Gasteiger partial charge on any atom is 0.310 e. The van der Waals surface area contributed by atoms with Crippen LogP contribution in [-0.2, 0) is 16.0 Å². The van der Waals surface area contributed by atoms with Crippen LogP contribution in [0.25, 0.3) is 0 Å². The van der Waals surface area contributed by atoms with E-state index in [9.17, 15) is 9.18 Å². The first-order valence-corrected chi connectivity index (χ1v) is 8.35. The number of carbonyl (C=O) groups is 1. The highest BCUT2D eigenvalue weighted by Crippen LogP contribution is 2.56. The molecule has 1 unspecified atom stereocenters. The lowest BCUT2D eigenvalue weighted by molar-refractivity contribution is -0.154. The minimum absolute atomic E-state index is 0.0871. The monoisotopic (exact) mass is 312 g/mol. The van der Waals surface area contributed by atoms with Gasteiger partial charge < -0.3 is 4.74 Å². The Morgan fingerprint density at radius 3 is 2.52 bits per heavy atom. The summed E-state index contributed by atoms with van der Waals surface area (Å²) >= 11 is 0. The predicted molar refractivity (Wildman–Crippen MR) is 86.4 cm³/mol. The Balaban J connectivity index is 1.64. The van der Waals surface area contributed by atoms with Gasteiger partial charge in [-0.15, -0.1) is 13.2 Å². The van der Waals surface area contributed by atoms with Crippen molar-refractivity contribution in [1.82, 2.24) is 0 Å². The summed E-state index contributed by atoms with van der Waals surface area (Å²) in [6.07, 6.45) is 7.34. The zero-order valence-corrected chi connectivity index (χ0v) is 13.1. The van der Waals surface area contributed by atoms with E-state index in [0.29, 0.717) is 6.42 Å². The van der Waals surface area contributed by atoms with Gasteiger partial charge in [-0.25, -0.2) is 4.39 Å². The van der Waals surface area contributed by atoms with E-state index in [1.165, 1.54) is 6.07 Å². The molecular formula is C20H21FO2. The fourth-order valence-electron chi connectivity index (χ4n) is 4.92. The lowest BCUT2D eigenvalue weighted by atomic mass is 9.67. The van der Waals surface area contributed by atoms with Gasteiger partial charge in [-0.3, -0.25) is 4.79 Å². The molecule has 23 heavy (non-hydrogen) atoms. The Labute approximate surface area is 136 Å². The highest BCUT2D eigenvalue weighted by molar-refractivity contribution is 5.78. The molecule has 4 atom stereocenters. The van der Waals surface area contributed by atoms with Crippen LogP contribution in [0.5, 0.6) is 0 Å². The summed E-state index contributed by atoms with van der Waals surface area (Å²) in [6, 6.07) is 4.89. The van der Waals surface area contributed by atoms with Crippen LogP contribution in [0.4, 0.5) is 4.39 Å². The van der Waals surface area contributed by atoms with Crippen molar-refractivity contribution in [3.63, 3.8) is 0 Å². The third kappa shape index (κ3) is 1.95. The summed E-state index contributed by atoms with van der Waals surface area (Å²) in [5.41, 5.74) is 1.65. The number of esters is 1. The Hall–Kier alpha value is -1.90. The van der Waals surface area contributed by atoms with Gasteiger partial charge in [0, 0.05) is 24.2 Å². The molecule has 1 aliphatic heterocycles. The van der Waals surface area contributed by atoms with Gasteiger partial charge in [0.1, 0.15) is 11.4 Å². The van der Waals surface area contributed by atoms with Crippen molar-refractivity contribution < 1.29 is 13.9 Å². The topological polar surface area (TPSA) is 26.3 Å². The predicted octanol–water partition coefficient (Wildman–Crippen LogP) is 4.17. The molecule has 0 bridgehead atoms. The molecule has 1 saturated carbocycles.